The van der Waals surface area contributed by atoms with E-state index < -0.39 is 17.9 Å². The molecule has 5 N–H and O–H groups in total. The van der Waals surface area contributed by atoms with Gasteiger partial charge in [0, 0.05) is 34.0 Å². The molecule has 3 aromatic rings. The number of carbonyl (C=O) groups excluding carboxylic acids is 3. The highest BCUT2D eigenvalue weighted by Gasteiger charge is 2.26. The van der Waals surface area contributed by atoms with Crippen molar-refractivity contribution in [3.63, 3.8) is 0 Å². The summed E-state index contributed by atoms with van der Waals surface area (Å²) in [6.45, 7) is 1.48. The van der Waals surface area contributed by atoms with Crippen molar-refractivity contribution in [2.24, 2.45) is 5.73 Å². The third kappa shape index (κ3) is 3.40. The van der Waals surface area contributed by atoms with E-state index in [4.69, 9.17) is 5.73 Å². The van der Waals surface area contributed by atoms with Crippen LogP contribution in [0.3, 0.4) is 0 Å². The van der Waals surface area contributed by atoms with Crippen molar-refractivity contribution in [2.75, 3.05) is 5.32 Å². The van der Waals surface area contributed by atoms with Gasteiger partial charge in [0.05, 0.1) is 6.04 Å². The number of hydrogen-bond donors (Lipinski definition) is 4. The largest absolute Gasteiger partial charge is 0.506 e. The summed E-state index contributed by atoms with van der Waals surface area (Å²) >= 11 is 0. The van der Waals surface area contributed by atoms with Gasteiger partial charge in [0.1, 0.15) is 11.3 Å². The van der Waals surface area contributed by atoms with Gasteiger partial charge in [0.15, 0.2) is 0 Å². The molecule has 0 saturated heterocycles. The molecule has 1 aliphatic rings. The summed E-state index contributed by atoms with van der Waals surface area (Å²) in [6, 6.07) is 10.6. The number of phenols is 1. The van der Waals surface area contributed by atoms with Crippen molar-refractivity contribution in [2.45, 2.75) is 13.0 Å². The normalized spacial score (nSPS) is 15.0. The number of amides is 3. The quantitative estimate of drug-likeness (QED) is 0.495. The standard InChI is InChI=1S/C22H18N4O4/c1-11(23)20(28)26-21(29)13-4-6-17-15(10-13)16(22(30)25-17)9-12-5-7-18(27)19-14(12)3-2-8-24-19/h2-11,27H,23H2,1H3,(H,25,30)(H,26,28,29)/t11-/m0/s1. The zero-order valence-corrected chi connectivity index (χ0v) is 16.0. The van der Waals surface area contributed by atoms with E-state index in [2.05, 4.69) is 15.6 Å². The number of imide groups is 1. The monoisotopic (exact) mass is 402 g/mol. The van der Waals surface area contributed by atoms with E-state index in [1.807, 2.05) is 0 Å². The molecule has 2 aromatic carbocycles. The van der Waals surface area contributed by atoms with Crippen LogP contribution in [0.25, 0.3) is 22.6 Å². The highest BCUT2D eigenvalue weighted by atomic mass is 16.3. The Balaban J connectivity index is 1.76. The second kappa shape index (κ2) is 7.41. The van der Waals surface area contributed by atoms with Crippen LogP contribution in [0.4, 0.5) is 5.69 Å². The molecule has 0 fully saturated rings. The Bertz CT molecular complexity index is 1250. The molecule has 2 heterocycles. The molecule has 1 aliphatic heterocycles. The van der Waals surface area contributed by atoms with Crippen molar-refractivity contribution < 1.29 is 19.5 Å². The molecule has 0 aliphatic carbocycles. The first-order valence-electron chi connectivity index (χ1n) is 9.20. The molecule has 0 radical (unpaired) electrons. The molecular weight excluding hydrogens is 384 g/mol. The average Bonchev–Trinajstić information content (AvgIpc) is 3.04. The number of fused-ring (bicyclic) bond motifs is 2. The fraction of sp³-hybridized carbons (Fsp3) is 0.0909. The predicted molar refractivity (Wildman–Crippen MR) is 112 cm³/mol. The van der Waals surface area contributed by atoms with Crippen LogP contribution in [-0.4, -0.2) is 33.9 Å². The lowest BCUT2D eigenvalue weighted by atomic mass is 9.99. The van der Waals surface area contributed by atoms with Crippen LogP contribution < -0.4 is 16.4 Å². The summed E-state index contributed by atoms with van der Waals surface area (Å²) in [5.74, 6) is -1.47. The predicted octanol–water partition coefficient (Wildman–Crippen LogP) is 2.04. The Morgan fingerprint density at radius 1 is 1.23 bits per heavy atom. The molecular formula is C22H18N4O4. The summed E-state index contributed by atoms with van der Waals surface area (Å²) in [4.78, 5) is 40.8. The maximum absolute atomic E-state index is 12.6. The topological polar surface area (TPSA) is 134 Å². The summed E-state index contributed by atoms with van der Waals surface area (Å²) in [7, 11) is 0. The number of aromatic nitrogens is 1. The third-order valence-electron chi connectivity index (χ3n) is 4.80. The van der Waals surface area contributed by atoms with Crippen LogP contribution in [0.5, 0.6) is 5.75 Å². The van der Waals surface area contributed by atoms with Gasteiger partial charge in [-0.3, -0.25) is 24.7 Å². The van der Waals surface area contributed by atoms with Crippen LogP contribution in [0.1, 0.15) is 28.4 Å². The number of aromatic hydroxyl groups is 1. The summed E-state index contributed by atoms with van der Waals surface area (Å²) in [6.07, 6.45) is 3.25. The van der Waals surface area contributed by atoms with Crippen LogP contribution in [0.15, 0.2) is 48.7 Å². The van der Waals surface area contributed by atoms with Crippen molar-refractivity contribution in [1.82, 2.24) is 10.3 Å². The number of nitrogens with one attached hydrogen (secondary N) is 2. The zero-order valence-electron chi connectivity index (χ0n) is 16.0. The Labute approximate surface area is 171 Å². The zero-order chi connectivity index (χ0) is 21.4. The molecule has 150 valence electrons. The number of nitrogens with two attached hydrogens (primary N) is 1. The number of benzene rings is 2. The lowest BCUT2D eigenvalue weighted by Crippen LogP contribution is -2.41. The molecule has 0 unspecified atom stereocenters. The molecule has 0 saturated carbocycles. The number of hydrogen-bond acceptors (Lipinski definition) is 6. The van der Waals surface area contributed by atoms with Gasteiger partial charge in [-0.25, -0.2) is 0 Å². The van der Waals surface area contributed by atoms with Crippen molar-refractivity contribution in [3.05, 3.63) is 65.4 Å². The Morgan fingerprint density at radius 3 is 2.80 bits per heavy atom. The molecule has 8 nitrogen and oxygen atoms in total. The van der Waals surface area contributed by atoms with Gasteiger partial charge < -0.3 is 16.2 Å². The Kier molecular flexibility index (Phi) is 4.77. The van der Waals surface area contributed by atoms with Gasteiger partial charge in [-0.15, -0.1) is 0 Å². The lowest BCUT2D eigenvalue weighted by molar-refractivity contribution is -0.121. The number of pyridine rings is 1. The van der Waals surface area contributed by atoms with Gasteiger partial charge in [-0.2, -0.15) is 0 Å². The van der Waals surface area contributed by atoms with Crippen molar-refractivity contribution >= 4 is 46.0 Å². The maximum Gasteiger partial charge on any atom is 0.257 e. The van der Waals surface area contributed by atoms with E-state index in [0.717, 1.165) is 0 Å². The smallest absolute Gasteiger partial charge is 0.257 e. The molecule has 3 amide bonds. The maximum atomic E-state index is 12.6. The summed E-state index contributed by atoms with van der Waals surface area (Å²) in [5, 5.41) is 15.7. The minimum Gasteiger partial charge on any atom is -0.506 e. The second-order valence-corrected chi connectivity index (χ2v) is 6.95. The number of rotatable bonds is 3. The summed E-state index contributed by atoms with van der Waals surface area (Å²) < 4.78 is 0. The SMILES string of the molecule is C[C@H](N)C(=O)NC(=O)c1ccc2c(c1)C(=Cc1ccc(O)c3ncccc13)C(=O)N2. The Hall–Kier alpha value is -4.04. The van der Waals surface area contributed by atoms with Gasteiger partial charge in [-0.05, 0) is 48.9 Å². The van der Waals surface area contributed by atoms with Gasteiger partial charge in [0.25, 0.3) is 11.8 Å². The van der Waals surface area contributed by atoms with Gasteiger partial charge in [-0.1, -0.05) is 12.1 Å². The van der Waals surface area contributed by atoms with Gasteiger partial charge in [0.2, 0.25) is 5.91 Å². The highest BCUT2D eigenvalue weighted by Crippen LogP contribution is 2.35. The van der Waals surface area contributed by atoms with Crippen molar-refractivity contribution in [3.8, 4) is 5.75 Å². The fourth-order valence-corrected chi connectivity index (χ4v) is 3.23. The highest BCUT2D eigenvalue weighted by molar-refractivity contribution is 6.35. The minimum atomic E-state index is -0.821. The van der Waals surface area contributed by atoms with E-state index in [9.17, 15) is 19.5 Å². The van der Waals surface area contributed by atoms with Crippen LogP contribution in [-0.2, 0) is 9.59 Å². The fourth-order valence-electron chi connectivity index (χ4n) is 3.23. The van der Waals surface area contributed by atoms with Crippen LogP contribution in [0, 0.1) is 0 Å². The van der Waals surface area contributed by atoms with E-state index in [-0.39, 0.29) is 17.2 Å². The second-order valence-electron chi connectivity index (χ2n) is 6.95. The molecule has 4 rings (SSSR count). The Morgan fingerprint density at radius 2 is 2.03 bits per heavy atom. The first-order valence-corrected chi connectivity index (χ1v) is 9.20. The number of anilines is 1. The van der Waals surface area contributed by atoms with E-state index in [1.54, 1.807) is 42.6 Å². The lowest BCUT2D eigenvalue weighted by Gasteiger charge is -2.08. The molecule has 1 atom stereocenters. The number of phenolic OH excluding ortho intramolecular Hbond substituents is 1. The average molecular weight is 402 g/mol. The van der Waals surface area contributed by atoms with E-state index in [0.29, 0.717) is 33.3 Å². The minimum absolute atomic E-state index is 0.0433. The van der Waals surface area contributed by atoms with Crippen LogP contribution >= 0.6 is 0 Å². The first kappa shape index (κ1) is 19.3. The van der Waals surface area contributed by atoms with E-state index >= 15 is 0 Å². The first-order chi connectivity index (χ1) is 14.3. The van der Waals surface area contributed by atoms with Gasteiger partial charge >= 0.3 is 0 Å². The summed E-state index contributed by atoms with van der Waals surface area (Å²) in [5.41, 5.74) is 8.27. The van der Waals surface area contributed by atoms with Crippen molar-refractivity contribution in [1.29, 1.82) is 0 Å². The molecule has 0 bridgehead atoms. The number of nitrogens with zero attached hydrogens (tertiary/aromatic N) is 1. The van der Waals surface area contributed by atoms with E-state index in [1.165, 1.54) is 19.1 Å². The molecule has 30 heavy (non-hydrogen) atoms. The number of carbonyl (C=O) groups is 3. The van der Waals surface area contributed by atoms with Crippen LogP contribution in [0.2, 0.25) is 0 Å². The molecule has 8 heteroatoms. The molecule has 0 spiro atoms. The molecule has 1 aromatic heterocycles. The third-order valence-corrected chi connectivity index (χ3v) is 4.80.